The molecule has 1 aromatic heterocycles. The molecule has 0 aliphatic rings. The average molecular weight is 247 g/mol. The first-order valence-electron chi connectivity index (χ1n) is 5.72. The lowest BCUT2D eigenvalue weighted by Gasteiger charge is -2.09. The summed E-state index contributed by atoms with van der Waals surface area (Å²) in [5.74, 6) is 1.81. The second-order valence-electron chi connectivity index (χ2n) is 3.91. The van der Waals surface area contributed by atoms with Gasteiger partial charge in [0.05, 0.1) is 6.04 Å². The van der Waals surface area contributed by atoms with Crippen molar-refractivity contribution in [1.29, 1.82) is 0 Å². The fraction of sp³-hybridized carbons (Fsp3) is 0.286. The standard InChI is InChI=1S/C14H17NOS/c1-3-11-6-9-13(16-11)14(15)10-4-7-12(17-2)8-5-10/h4-9,14H,3,15H2,1-2H3. The molecule has 2 nitrogen and oxygen atoms in total. The lowest BCUT2D eigenvalue weighted by Crippen LogP contribution is -2.10. The van der Waals surface area contributed by atoms with Gasteiger partial charge in [0.2, 0.25) is 0 Å². The molecule has 0 saturated carbocycles. The Labute approximate surface area is 106 Å². The number of rotatable bonds is 4. The lowest BCUT2D eigenvalue weighted by atomic mass is 10.1. The highest BCUT2D eigenvalue weighted by Crippen LogP contribution is 2.24. The van der Waals surface area contributed by atoms with Gasteiger partial charge in [-0.3, -0.25) is 0 Å². The van der Waals surface area contributed by atoms with E-state index in [-0.39, 0.29) is 6.04 Å². The van der Waals surface area contributed by atoms with Crippen molar-refractivity contribution in [3.8, 4) is 0 Å². The van der Waals surface area contributed by atoms with Crippen LogP contribution in [-0.4, -0.2) is 6.26 Å². The van der Waals surface area contributed by atoms with E-state index >= 15 is 0 Å². The Kier molecular flexibility index (Phi) is 3.92. The van der Waals surface area contributed by atoms with Gasteiger partial charge in [0, 0.05) is 11.3 Å². The maximum absolute atomic E-state index is 6.18. The number of thioether (sulfide) groups is 1. The SMILES string of the molecule is CCc1ccc(C(N)c2ccc(SC)cc2)o1. The summed E-state index contributed by atoms with van der Waals surface area (Å²) >= 11 is 1.73. The van der Waals surface area contributed by atoms with Gasteiger partial charge >= 0.3 is 0 Å². The smallest absolute Gasteiger partial charge is 0.125 e. The van der Waals surface area contributed by atoms with Crippen LogP contribution in [-0.2, 0) is 6.42 Å². The van der Waals surface area contributed by atoms with Gasteiger partial charge < -0.3 is 10.2 Å². The molecule has 0 saturated heterocycles. The predicted octanol–water partition coefficient (Wildman–Crippen LogP) is 3.61. The first-order valence-corrected chi connectivity index (χ1v) is 6.95. The van der Waals surface area contributed by atoms with Crippen molar-refractivity contribution in [3.63, 3.8) is 0 Å². The van der Waals surface area contributed by atoms with Crippen LogP contribution >= 0.6 is 11.8 Å². The topological polar surface area (TPSA) is 39.2 Å². The predicted molar refractivity (Wildman–Crippen MR) is 72.3 cm³/mol. The van der Waals surface area contributed by atoms with Gasteiger partial charge in [0.15, 0.2) is 0 Å². The van der Waals surface area contributed by atoms with Gasteiger partial charge in [-0.05, 0) is 36.1 Å². The molecular weight excluding hydrogens is 230 g/mol. The van der Waals surface area contributed by atoms with Crippen molar-refractivity contribution >= 4 is 11.8 Å². The summed E-state index contributed by atoms with van der Waals surface area (Å²) in [6, 6.07) is 12.1. The van der Waals surface area contributed by atoms with Gasteiger partial charge in [-0.25, -0.2) is 0 Å². The van der Waals surface area contributed by atoms with E-state index in [0.717, 1.165) is 23.5 Å². The molecule has 3 heteroatoms. The molecule has 1 unspecified atom stereocenters. The van der Waals surface area contributed by atoms with E-state index in [9.17, 15) is 0 Å². The molecule has 1 heterocycles. The minimum atomic E-state index is -0.175. The second kappa shape index (κ2) is 5.43. The number of benzene rings is 1. The maximum atomic E-state index is 6.18. The van der Waals surface area contributed by atoms with E-state index in [1.165, 1.54) is 4.90 Å². The Morgan fingerprint density at radius 1 is 1.18 bits per heavy atom. The van der Waals surface area contributed by atoms with E-state index in [0.29, 0.717) is 0 Å². The second-order valence-corrected chi connectivity index (χ2v) is 4.79. The number of aryl methyl sites for hydroxylation is 1. The molecule has 90 valence electrons. The maximum Gasteiger partial charge on any atom is 0.125 e. The molecule has 0 spiro atoms. The molecule has 0 bridgehead atoms. The van der Waals surface area contributed by atoms with Crippen LogP contribution in [0.3, 0.4) is 0 Å². The van der Waals surface area contributed by atoms with Gasteiger partial charge in [0.1, 0.15) is 11.5 Å². The highest BCUT2D eigenvalue weighted by atomic mass is 32.2. The fourth-order valence-corrected chi connectivity index (χ4v) is 2.14. The number of nitrogens with two attached hydrogens (primary N) is 1. The lowest BCUT2D eigenvalue weighted by molar-refractivity contribution is 0.454. The average Bonchev–Trinajstić information content (AvgIpc) is 2.87. The summed E-state index contributed by atoms with van der Waals surface area (Å²) in [6.07, 6.45) is 2.97. The van der Waals surface area contributed by atoms with Crippen LogP contribution in [0.4, 0.5) is 0 Å². The first-order chi connectivity index (χ1) is 8.24. The van der Waals surface area contributed by atoms with E-state index in [2.05, 4.69) is 37.4 Å². The number of hydrogen-bond donors (Lipinski definition) is 1. The normalized spacial score (nSPS) is 12.6. The third-order valence-electron chi connectivity index (χ3n) is 2.81. The van der Waals surface area contributed by atoms with Crippen LogP contribution in [0.25, 0.3) is 0 Å². The summed E-state index contributed by atoms with van der Waals surface area (Å²) in [4.78, 5) is 1.25. The molecular formula is C14H17NOS. The molecule has 0 radical (unpaired) electrons. The van der Waals surface area contributed by atoms with E-state index in [1.54, 1.807) is 11.8 Å². The zero-order chi connectivity index (χ0) is 12.3. The molecule has 2 rings (SSSR count). The van der Waals surface area contributed by atoms with Crippen molar-refractivity contribution in [2.24, 2.45) is 5.73 Å². The van der Waals surface area contributed by atoms with Crippen LogP contribution in [0.2, 0.25) is 0 Å². The van der Waals surface area contributed by atoms with Crippen LogP contribution in [0.5, 0.6) is 0 Å². The minimum Gasteiger partial charge on any atom is -0.464 e. The number of hydrogen-bond acceptors (Lipinski definition) is 3. The van der Waals surface area contributed by atoms with E-state index < -0.39 is 0 Å². The Morgan fingerprint density at radius 2 is 1.88 bits per heavy atom. The van der Waals surface area contributed by atoms with Crippen molar-refractivity contribution in [1.82, 2.24) is 0 Å². The molecule has 2 aromatic rings. The zero-order valence-electron chi connectivity index (χ0n) is 10.1. The van der Waals surface area contributed by atoms with Crippen LogP contribution in [0.15, 0.2) is 45.7 Å². The zero-order valence-corrected chi connectivity index (χ0v) is 11.0. The molecule has 2 N–H and O–H groups in total. The third kappa shape index (κ3) is 2.73. The van der Waals surface area contributed by atoms with E-state index in [4.69, 9.17) is 10.2 Å². The van der Waals surface area contributed by atoms with Gasteiger partial charge in [-0.2, -0.15) is 0 Å². The summed E-state index contributed by atoms with van der Waals surface area (Å²) in [5, 5.41) is 0. The summed E-state index contributed by atoms with van der Waals surface area (Å²) in [5.41, 5.74) is 7.26. The van der Waals surface area contributed by atoms with Gasteiger partial charge in [-0.1, -0.05) is 19.1 Å². The molecule has 17 heavy (non-hydrogen) atoms. The quantitative estimate of drug-likeness (QED) is 0.839. The van der Waals surface area contributed by atoms with Crippen LogP contribution < -0.4 is 5.73 Å². The van der Waals surface area contributed by atoms with Crippen LogP contribution in [0, 0.1) is 0 Å². The Balaban J connectivity index is 2.20. The molecule has 0 aliphatic heterocycles. The summed E-state index contributed by atoms with van der Waals surface area (Å²) in [7, 11) is 0. The van der Waals surface area contributed by atoms with Crippen molar-refractivity contribution in [2.75, 3.05) is 6.26 Å². The molecule has 1 aromatic carbocycles. The largest absolute Gasteiger partial charge is 0.464 e. The van der Waals surface area contributed by atoms with Crippen molar-refractivity contribution < 1.29 is 4.42 Å². The van der Waals surface area contributed by atoms with Crippen LogP contribution in [0.1, 0.15) is 30.0 Å². The van der Waals surface area contributed by atoms with Gasteiger partial charge in [0.25, 0.3) is 0 Å². The molecule has 1 atom stereocenters. The van der Waals surface area contributed by atoms with Crippen molar-refractivity contribution in [3.05, 3.63) is 53.5 Å². The van der Waals surface area contributed by atoms with Crippen molar-refractivity contribution in [2.45, 2.75) is 24.3 Å². The first kappa shape index (κ1) is 12.3. The Morgan fingerprint density at radius 3 is 2.41 bits per heavy atom. The summed E-state index contributed by atoms with van der Waals surface area (Å²) < 4.78 is 5.68. The summed E-state index contributed by atoms with van der Waals surface area (Å²) in [6.45, 7) is 2.07. The molecule has 0 amide bonds. The molecule has 0 fully saturated rings. The highest BCUT2D eigenvalue weighted by molar-refractivity contribution is 7.98. The Hall–Kier alpha value is -1.19. The Bertz CT molecular complexity index is 475. The highest BCUT2D eigenvalue weighted by Gasteiger charge is 2.12. The van der Waals surface area contributed by atoms with Gasteiger partial charge in [-0.15, -0.1) is 11.8 Å². The molecule has 0 aliphatic carbocycles. The minimum absolute atomic E-state index is 0.175. The fourth-order valence-electron chi connectivity index (χ4n) is 1.73. The third-order valence-corrected chi connectivity index (χ3v) is 3.56. The number of furan rings is 1. The monoisotopic (exact) mass is 247 g/mol. The van der Waals surface area contributed by atoms with E-state index in [1.807, 2.05) is 12.1 Å².